The van der Waals surface area contributed by atoms with Gasteiger partial charge in [-0.25, -0.2) is 0 Å². The minimum Gasteiger partial charge on any atom is -0.314 e. The maximum Gasteiger partial charge on any atom is 0.401 e. The van der Waals surface area contributed by atoms with Crippen LogP contribution in [0.5, 0.6) is 0 Å². The molecule has 0 aliphatic carbocycles. The first-order chi connectivity index (χ1) is 8.01. The minimum absolute atomic E-state index is 0.379. The number of hydrogen-bond donors (Lipinski definition) is 1. The van der Waals surface area contributed by atoms with Crippen molar-refractivity contribution in [2.45, 2.75) is 38.4 Å². The summed E-state index contributed by atoms with van der Waals surface area (Å²) in [6.45, 7) is 3.21. The lowest BCUT2D eigenvalue weighted by Gasteiger charge is -2.32. The first-order valence-corrected chi connectivity index (χ1v) is 6.15. The second kappa shape index (κ2) is 7.01. The fraction of sp³-hybridized carbons (Fsp3) is 0.833. The van der Waals surface area contributed by atoms with Crippen LogP contribution < -0.4 is 5.32 Å². The Hall–Kier alpha value is -0.550. The Morgan fingerprint density at radius 2 is 1.94 bits per heavy atom. The number of halogens is 3. The van der Waals surface area contributed by atoms with Crippen LogP contribution in [0.4, 0.5) is 13.2 Å². The molecule has 1 heterocycles. The van der Waals surface area contributed by atoms with Gasteiger partial charge in [0.15, 0.2) is 0 Å². The van der Waals surface area contributed by atoms with Gasteiger partial charge in [-0.05, 0) is 45.8 Å². The molecular formula is C12H21F3N2. The van der Waals surface area contributed by atoms with Crippen molar-refractivity contribution in [3.05, 3.63) is 12.2 Å². The van der Waals surface area contributed by atoms with Gasteiger partial charge in [0, 0.05) is 6.04 Å². The third-order valence-electron chi connectivity index (χ3n) is 2.97. The van der Waals surface area contributed by atoms with Gasteiger partial charge in [0.1, 0.15) is 0 Å². The average Bonchev–Trinajstić information content (AvgIpc) is 2.25. The Bertz CT molecular complexity index is 230. The Morgan fingerprint density at radius 1 is 1.29 bits per heavy atom. The fourth-order valence-corrected chi connectivity index (χ4v) is 2.09. The summed E-state index contributed by atoms with van der Waals surface area (Å²) >= 11 is 0. The van der Waals surface area contributed by atoms with Crippen LogP contribution in [0.3, 0.4) is 0 Å². The SMILES string of the molecule is C/C=C/CCNC1CCN(CC(F)(F)F)CC1. The van der Waals surface area contributed by atoms with E-state index >= 15 is 0 Å². The zero-order chi connectivity index (χ0) is 12.7. The highest BCUT2D eigenvalue weighted by molar-refractivity contribution is 4.81. The topological polar surface area (TPSA) is 15.3 Å². The van der Waals surface area contributed by atoms with Crippen molar-refractivity contribution in [1.29, 1.82) is 0 Å². The Kier molecular flexibility index (Phi) is 5.98. The molecule has 0 atom stereocenters. The van der Waals surface area contributed by atoms with E-state index in [2.05, 4.69) is 11.4 Å². The molecule has 5 heteroatoms. The smallest absolute Gasteiger partial charge is 0.314 e. The van der Waals surface area contributed by atoms with Crippen LogP contribution in [0.15, 0.2) is 12.2 Å². The van der Waals surface area contributed by atoms with Crippen LogP contribution >= 0.6 is 0 Å². The van der Waals surface area contributed by atoms with E-state index in [1.807, 2.05) is 13.0 Å². The molecule has 0 radical (unpaired) electrons. The number of rotatable bonds is 5. The highest BCUT2D eigenvalue weighted by atomic mass is 19.4. The van der Waals surface area contributed by atoms with Gasteiger partial charge >= 0.3 is 6.18 Å². The van der Waals surface area contributed by atoms with Crippen molar-refractivity contribution in [2.75, 3.05) is 26.2 Å². The Balaban J connectivity index is 2.13. The van der Waals surface area contributed by atoms with Gasteiger partial charge in [-0.3, -0.25) is 4.90 Å². The quantitative estimate of drug-likeness (QED) is 0.596. The van der Waals surface area contributed by atoms with E-state index in [9.17, 15) is 13.2 Å². The van der Waals surface area contributed by atoms with E-state index < -0.39 is 12.7 Å². The highest BCUT2D eigenvalue weighted by Gasteiger charge is 2.32. The molecule has 0 bridgehead atoms. The van der Waals surface area contributed by atoms with Crippen molar-refractivity contribution in [1.82, 2.24) is 10.2 Å². The molecular weight excluding hydrogens is 229 g/mol. The van der Waals surface area contributed by atoms with Crippen molar-refractivity contribution < 1.29 is 13.2 Å². The maximum absolute atomic E-state index is 12.2. The number of nitrogens with one attached hydrogen (secondary N) is 1. The van der Waals surface area contributed by atoms with Crippen LogP contribution in [-0.2, 0) is 0 Å². The molecule has 0 amide bonds. The Morgan fingerprint density at radius 3 is 2.47 bits per heavy atom. The van der Waals surface area contributed by atoms with Crippen LogP contribution in [0.2, 0.25) is 0 Å². The van der Waals surface area contributed by atoms with Crippen molar-refractivity contribution in [2.24, 2.45) is 0 Å². The number of likely N-dealkylation sites (tertiary alicyclic amines) is 1. The zero-order valence-corrected chi connectivity index (χ0v) is 10.3. The molecule has 0 aromatic rings. The molecule has 17 heavy (non-hydrogen) atoms. The lowest BCUT2D eigenvalue weighted by Crippen LogP contribution is -2.45. The molecule has 1 N–H and O–H groups in total. The molecule has 1 saturated heterocycles. The second-order valence-corrected chi connectivity index (χ2v) is 4.48. The monoisotopic (exact) mass is 250 g/mol. The minimum atomic E-state index is -4.06. The average molecular weight is 250 g/mol. The molecule has 1 rings (SSSR count). The van der Waals surface area contributed by atoms with Crippen molar-refractivity contribution in [3.8, 4) is 0 Å². The van der Waals surface area contributed by atoms with E-state index in [0.717, 1.165) is 25.8 Å². The van der Waals surface area contributed by atoms with E-state index in [1.54, 1.807) is 0 Å². The first-order valence-electron chi connectivity index (χ1n) is 6.15. The van der Waals surface area contributed by atoms with Gasteiger partial charge in [-0.15, -0.1) is 0 Å². The van der Waals surface area contributed by atoms with Gasteiger partial charge < -0.3 is 5.32 Å². The molecule has 0 aromatic heterocycles. The van der Waals surface area contributed by atoms with Crippen molar-refractivity contribution in [3.63, 3.8) is 0 Å². The third kappa shape index (κ3) is 6.68. The highest BCUT2D eigenvalue weighted by Crippen LogP contribution is 2.19. The van der Waals surface area contributed by atoms with Gasteiger partial charge in [0.2, 0.25) is 0 Å². The molecule has 0 saturated carbocycles. The molecule has 1 aliphatic rings. The molecule has 0 unspecified atom stereocenters. The number of nitrogens with zero attached hydrogens (tertiary/aromatic N) is 1. The molecule has 100 valence electrons. The number of piperidine rings is 1. The lowest BCUT2D eigenvalue weighted by molar-refractivity contribution is -0.148. The number of allylic oxidation sites excluding steroid dienone is 1. The van der Waals surface area contributed by atoms with Crippen molar-refractivity contribution >= 4 is 0 Å². The van der Waals surface area contributed by atoms with E-state index in [1.165, 1.54) is 4.90 Å². The summed E-state index contributed by atoms with van der Waals surface area (Å²) in [6, 6.07) is 0.379. The summed E-state index contributed by atoms with van der Waals surface area (Å²) in [6.07, 6.45) is 2.64. The molecule has 0 spiro atoms. The predicted octanol–water partition coefficient (Wildman–Crippen LogP) is 2.57. The summed E-state index contributed by atoms with van der Waals surface area (Å²) in [5.74, 6) is 0. The van der Waals surface area contributed by atoms with Crippen LogP contribution in [-0.4, -0.2) is 43.3 Å². The molecule has 0 aromatic carbocycles. The van der Waals surface area contributed by atoms with E-state index in [-0.39, 0.29) is 0 Å². The Labute approximate surface area is 101 Å². The largest absolute Gasteiger partial charge is 0.401 e. The first kappa shape index (κ1) is 14.5. The maximum atomic E-state index is 12.2. The fourth-order valence-electron chi connectivity index (χ4n) is 2.09. The summed E-state index contributed by atoms with van der Waals surface area (Å²) in [5.41, 5.74) is 0. The zero-order valence-electron chi connectivity index (χ0n) is 10.3. The summed E-state index contributed by atoms with van der Waals surface area (Å²) in [5, 5.41) is 3.38. The predicted molar refractivity (Wildman–Crippen MR) is 63.0 cm³/mol. The molecule has 1 fully saturated rings. The summed E-state index contributed by atoms with van der Waals surface area (Å²) < 4.78 is 36.5. The third-order valence-corrected chi connectivity index (χ3v) is 2.97. The summed E-state index contributed by atoms with van der Waals surface area (Å²) in [7, 11) is 0. The second-order valence-electron chi connectivity index (χ2n) is 4.48. The standard InChI is InChI=1S/C12H21F3N2/c1-2-3-4-7-16-11-5-8-17(9-6-11)10-12(13,14)15/h2-3,11,16H,4-10H2,1H3/b3-2+. The van der Waals surface area contributed by atoms with Gasteiger partial charge in [0.05, 0.1) is 6.54 Å². The van der Waals surface area contributed by atoms with Gasteiger partial charge in [0.25, 0.3) is 0 Å². The van der Waals surface area contributed by atoms with Crippen LogP contribution in [0.25, 0.3) is 0 Å². The van der Waals surface area contributed by atoms with E-state index in [0.29, 0.717) is 19.1 Å². The number of hydrogen-bond acceptors (Lipinski definition) is 2. The summed E-state index contributed by atoms with van der Waals surface area (Å²) in [4.78, 5) is 1.49. The van der Waals surface area contributed by atoms with Gasteiger partial charge in [-0.2, -0.15) is 13.2 Å². The van der Waals surface area contributed by atoms with Gasteiger partial charge in [-0.1, -0.05) is 12.2 Å². The normalized spacial score (nSPS) is 20.2. The number of alkyl halides is 3. The van der Waals surface area contributed by atoms with Crippen LogP contribution in [0, 0.1) is 0 Å². The lowest BCUT2D eigenvalue weighted by atomic mass is 10.0. The molecule has 2 nitrogen and oxygen atoms in total. The molecule has 1 aliphatic heterocycles. The van der Waals surface area contributed by atoms with E-state index in [4.69, 9.17) is 0 Å². The van der Waals surface area contributed by atoms with Crippen LogP contribution in [0.1, 0.15) is 26.2 Å².